The smallest absolute Gasteiger partial charge is 0.155 e. The van der Waals surface area contributed by atoms with Crippen molar-refractivity contribution in [1.82, 2.24) is 24.6 Å². The molecule has 0 aliphatic carbocycles. The highest BCUT2D eigenvalue weighted by Gasteiger charge is 2.22. The van der Waals surface area contributed by atoms with E-state index in [0.717, 1.165) is 55.4 Å². The van der Waals surface area contributed by atoms with Crippen LogP contribution in [0.3, 0.4) is 0 Å². The number of anilines is 1. The number of benzene rings is 1. The van der Waals surface area contributed by atoms with Crippen LogP contribution >= 0.6 is 0 Å². The molecule has 0 amide bonds. The van der Waals surface area contributed by atoms with Gasteiger partial charge in [-0.3, -0.25) is 14.6 Å². The monoisotopic (exact) mass is 392 g/mol. The van der Waals surface area contributed by atoms with Crippen LogP contribution in [-0.2, 0) is 24.9 Å². The van der Waals surface area contributed by atoms with Crippen LogP contribution in [0.15, 0.2) is 42.9 Å². The summed E-state index contributed by atoms with van der Waals surface area (Å²) in [6, 6.07) is 8.38. The first-order valence-electron chi connectivity index (χ1n) is 9.99. The Balaban J connectivity index is 1.45. The number of rotatable bonds is 6. The maximum absolute atomic E-state index is 5.21. The zero-order valence-electron chi connectivity index (χ0n) is 17.4. The fraction of sp³-hybridized carbons (Fsp3) is 0.409. The largest absolute Gasteiger partial charge is 0.380 e. The van der Waals surface area contributed by atoms with Gasteiger partial charge in [0, 0.05) is 76.1 Å². The van der Waals surface area contributed by atoms with E-state index in [2.05, 4.69) is 56.1 Å². The molecular weight excluding hydrogens is 364 g/mol. The highest BCUT2D eigenvalue weighted by atomic mass is 16.5. The van der Waals surface area contributed by atoms with Crippen LogP contribution in [0.25, 0.3) is 11.3 Å². The lowest BCUT2D eigenvalue weighted by molar-refractivity contribution is 0.185. The molecule has 0 radical (unpaired) electrons. The molecule has 0 spiro atoms. The van der Waals surface area contributed by atoms with E-state index in [1.165, 1.54) is 11.3 Å². The molecular formula is C22H28N6O. The van der Waals surface area contributed by atoms with Gasteiger partial charge in [-0.15, -0.1) is 0 Å². The normalized spacial score (nSPS) is 15.1. The van der Waals surface area contributed by atoms with Crippen LogP contribution in [0.2, 0.25) is 0 Å². The Morgan fingerprint density at radius 3 is 2.38 bits per heavy atom. The quantitative estimate of drug-likeness (QED) is 0.643. The van der Waals surface area contributed by atoms with Gasteiger partial charge in [-0.1, -0.05) is 24.3 Å². The Kier molecular flexibility index (Phi) is 5.87. The summed E-state index contributed by atoms with van der Waals surface area (Å²) in [7, 11) is 3.71. The van der Waals surface area contributed by atoms with Crippen molar-refractivity contribution < 1.29 is 4.74 Å². The Hall–Kier alpha value is -2.77. The fourth-order valence-corrected chi connectivity index (χ4v) is 3.75. The molecule has 1 fully saturated rings. The number of aryl methyl sites for hydroxylation is 1. The molecule has 3 aromatic rings. The predicted octanol–water partition coefficient (Wildman–Crippen LogP) is 2.65. The molecule has 4 rings (SSSR count). The third-order valence-corrected chi connectivity index (χ3v) is 5.62. The Bertz CT molecular complexity index is 944. The summed E-state index contributed by atoms with van der Waals surface area (Å²) < 4.78 is 7.15. The van der Waals surface area contributed by atoms with Crippen molar-refractivity contribution in [3.8, 4) is 11.3 Å². The molecule has 1 aliphatic heterocycles. The molecule has 7 nitrogen and oxygen atoms in total. The molecule has 0 atom stereocenters. The molecule has 29 heavy (non-hydrogen) atoms. The average molecular weight is 393 g/mol. The van der Waals surface area contributed by atoms with Crippen LogP contribution in [0.5, 0.6) is 0 Å². The maximum Gasteiger partial charge on any atom is 0.155 e. The van der Waals surface area contributed by atoms with Crippen molar-refractivity contribution in [3.05, 3.63) is 59.7 Å². The van der Waals surface area contributed by atoms with E-state index >= 15 is 0 Å². The van der Waals surface area contributed by atoms with E-state index in [1.54, 1.807) is 19.5 Å². The van der Waals surface area contributed by atoms with Gasteiger partial charge in [0.25, 0.3) is 0 Å². The Labute approximate surface area is 172 Å². The molecule has 0 N–H and O–H groups in total. The van der Waals surface area contributed by atoms with Crippen molar-refractivity contribution in [3.63, 3.8) is 0 Å². The molecule has 7 heteroatoms. The van der Waals surface area contributed by atoms with E-state index in [0.29, 0.717) is 6.61 Å². The molecule has 2 aromatic heterocycles. The van der Waals surface area contributed by atoms with Crippen LogP contribution in [0, 0.1) is 6.92 Å². The zero-order chi connectivity index (χ0) is 20.2. The van der Waals surface area contributed by atoms with Crippen molar-refractivity contribution >= 4 is 5.82 Å². The standard InChI is InChI=1S/C22H28N6O/c1-17-20(14-25-26(17)2)15-27-10-12-28(13-11-27)22-21(23-8-9-24-22)19-6-4-18(5-7-19)16-29-3/h4-9,14H,10-13,15-16H2,1-3H3. The maximum atomic E-state index is 5.21. The minimum absolute atomic E-state index is 0.617. The summed E-state index contributed by atoms with van der Waals surface area (Å²) in [5, 5.41) is 4.36. The van der Waals surface area contributed by atoms with Crippen LogP contribution < -0.4 is 4.90 Å². The topological polar surface area (TPSA) is 59.3 Å². The first-order valence-corrected chi connectivity index (χ1v) is 9.99. The van der Waals surface area contributed by atoms with Gasteiger partial charge in [0.2, 0.25) is 0 Å². The summed E-state index contributed by atoms with van der Waals surface area (Å²) >= 11 is 0. The van der Waals surface area contributed by atoms with Crippen molar-refractivity contribution in [2.75, 3.05) is 38.2 Å². The number of hydrogen-bond donors (Lipinski definition) is 0. The third kappa shape index (κ3) is 4.31. The minimum atomic E-state index is 0.617. The van der Waals surface area contributed by atoms with E-state index in [-0.39, 0.29) is 0 Å². The molecule has 1 aliphatic rings. The SMILES string of the molecule is COCc1ccc(-c2nccnc2N2CCN(Cc3cnn(C)c3C)CC2)cc1. The van der Waals surface area contributed by atoms with Crippen LogP contribution in [-0.4, -0.2) is 57.9 Å². The first kappa shape index (κ1) is 19.5. The molecule has 1 saturated heterocycles. The summed E-state index contributed by atoms with van der Waals surface area (Å²) in [6.07, 6.45) is 5.53. The molecule has 0 saturated carbocycles. The number of piperazine rings is 1. The average Bonchev–Trinajstić information content (AvgIpc) is 3.07. The molecule has 152 valence electrons. The van der Waals surface area contributed by atoms with Gasteiger partial charge >= 0.3 is 0 Å². The minimum Gasteiger partial charge on any atom is -0.380 e. The third-order valence-electron chi connectivity index (χ3n) is 5.62. The lowest BCUT2D eigenvalue weighted by Crippen LogP contribution is -2.46. The number of methoxy groups -OCH3 is 1. The summed E-state index contributed by atoms with van der Waals surface area (Å²) in [4.78, 5) is 14.1. The summed E-state index contributed by atoms with van der Waals surface area (Å²) in [6.45, 7) is 7.56. The van der Waals surface area contributed by atoms with Crippen molar-refractivity contribution in [2.45, 2.75) is 20.1 Å². The molecule has 0 bridgehead atoms. The van der Waals surface area contributed by atoms with Gasteiger partial charge < -0.3 is 9.64 Å². The lowest BCUT2D eigenvalue weighted by Gasteiger charge is -2.35. The zero-order valence-corrected chi connectivity index (χ0v) is 17.4. The van der Waals surface area contributed by atoms with Gasteiger partial charge in [0.1, 0.15) is 5.69 Å². The van der Waals surface area contributed by atoms with Crippen LogP contribution in [0.1, 0.15) is 16.8 Å². The number of aromatic nitrogens is 4. The van der Waals surface area contributed by atoms with Gasteiger partial charge in [-0.05, 0) is 12.5 Å². The lowest BCUT2D eigenvalue weighted by atomic mass is 10.1. The predicted molar refractivity (Wildman–Crippen MR) is 114 cm³/mol. The highest BCUT2D eigenvalue weighted by molar-refractivity contribution is 5.72. The summed E-state index contributed by atoms with van der Waals surface area (Å²) in [5.74, 6) is 0.962. The van der Waals surface area contributed by atoms with Gasteiger partial charge in [-0.25, -0.2) is 4.98 Å². The van der Waals surface area contributed by atoms with E-state index < -0.39 is 0 Å². The van der Waals surface area contributed by atoms with Gasteiger partial charge in [0.05, 0.1) is 12.8 Å². The van der Waals surface area contributed by atoms with Crippen molar-refractivity contribution in [1.29, 1.82) is 0 Å². The second kappa shape index (κ2) is 8.71. The Morgan fingerprint density at radius 2 is 1.72 bits per heavy atom. The van der Waals surface area contributed by atoms with E-state index in [9.17, 15) is 0 Å². The fourth-order valence-electron chi connectivity index (χ4n) is 3.75. The van der Waals surface area contributed by atoms with Crippen molar-refractivity contribution in [2.24, 2.45) is 7.05 Å². The second-order valence-corrected chi connectivity index (χ2v) is 7.50. The number of ether oxygens (including phenoxy) is 1. The summed E-state index contributed by atoms with van der Waals surface area (Å²) in [5.41, 5.74) is 5.72. The molecule has 1 aromatic carbocycles. The van der Waals surface area contributed by atoms with Crippen LogP contribution in [0.4, 0.5) is 5.82 Å². The van der Waals surface area contributed by atoms with E-state index in [1.807, 2.05) is 17.9 Å². The van der Waals surface area contributed by atoms with Gasteiger partial charge in [-0.2, -0.15) is 5.10 Å². The number of nitrogens with zero attached hydrogens (tertiary/aromatic N) is 6. The molecule has 0 unspecified atom stereocenters. The highest BCUT2D eigenvalue weighted by Crippen LogP contribution is 2.28. The second-order valence-electron chi connectivity index (χ2n) is 7.50. The van der Waals surface area contributed by atoms with Gasteiger partial charge in [0.15, 0.2) is 5.82 Å². The Morgan fingerprint density at radius 1 is 1.00 bits per heavy atom. The first-order chi connectivity index (χ1) is 14.2. The van der Waals surface area contributed by atoms with E-state index in [4.69, 9.17) is 4.74 Å². The number of hydrogen-bond acceptors (Lipinski definition) is 6. The molecule has 3 heterocycles.